The SMILES string of the molecule is COc1ccc2c(O[C@@H]3C[C@H]4C(=O)N[C@]5(C(=O)O)C[C@@H]5/C=C\CCCCN(C)C(=O)[C@@H]4C3)cc(-c3nc(C(C)C)cs3)nc2c1C. The van der Waals surface area contributed by atoms with Crippen LogP contribution in [0.4, 0.5) is 0 Å². The summed E-state index contributed by atoms with van der Waals surface area (Å²) in [6, 6.07) is 5.70. The molecular formula is C35H42N4O6S. The van der Waals surface area contributed by atoms with E-state index in [0.29, 0.717) is 36.6 Å². The third-order valence-electron chi connectivity index (χ3n) is 9.77. The van der Waals surface area contributed by atoms with E-state index in [4.69, 9.17) is 19.4 Å². The van der Waals surface area contributed by atoms with Crippen LogP contribution in [-0.2, 0) is 14.4 Å². The van der Waals surface area contributed by atoms with Crippen LogP contribution in [0.15, 0.2) is 35.7 Å². The molecule has 2 fully saturated rings. The van der Waals surface area contributed by atoms with Gasteiger partial charge in [0, 0.05) is 41.9 Å². The summed E-state index contributed by atoms with van der Waals surface area (Å²) >= 11 is 1.53. The second-order valence-electron chi connectivity index (χ2n) is 13.2. The van der Waals surface area contributed by atoms with Gasteiger partial charge in [-0.3, -0.25) is 9.59 Å². The topological polar surface area (TPSA) is 131 Å². The number of carboxylic acids is 1. The van der Waals surface area contributed by atoms with Crippen molar-refractivity contribution in [2.75, 3.05) is 20.7 Å². The van der Waals surface area contributed by atoms with Crippen LogP contribution < -0.4 is 14.8 Å². The number of carboxylic acid groups (broad SMARTS) is 1. The minimum absolute atomic E-state index is 0.111. The summed E-state index contributed by atoms with van der Waals surface area (Å²) in [5.41, 5.74) is 1.94. The molecule has 1 aliphatic heterocycles. The van der Waals surface area contributed by atoms with Gasteiger partial charge in [0.25, 0.3) is 0 Å². The van der Waals surface area contributed by atoms with Gasteiger partial charge >= 0.3 is 5.97 Å². The third-order valence-corrected chi connectivity index (χ3v) is 10.7. The van der Waals surface area contributed by atoms with E-state index in [0.717, 1.165) is 46.4 Å². The van der Waals surface area contributed by atoms with Crippen LogP contribution in [-0.4, -0.2) is 70.1 Å². The molecule has 0 radical (unpaired) electrons. The van der Waals surface area contributed by atoms with Crippen molar-refractivity contribution in [2.45, 2.75) is 76.9 Å². The quantitative estimate of drug-likeness (QED) is 0.325. The summed E-state index contributed by atoms with van der Waals surface area (Å²) in [7, 11) is 3.41. The number of nitrogens with one attached hydrogen (secondary N) is 1. The number of pyridine rings is 1. The van der Waals surface area contributed by atoms with Crippen LogP contribution in [0.3, 0.4) is 0 Å². The number of ether oxygens (including phenoxy) is 2. The minimum Gasteiger partial charge on any atom is -0.496 e. The van der Waals surface area contributed by atoms with E-state index in [1.54, 1.807) is 19.1 Å². The highest BCUT2D eigenvalue weighted by molar-refractivity contribution is 7.13. The predicted molar refractivity (Wildman–Crippen MR) is 176 cm³/mol. The molecule has 0 spiro atoms. The summed E-state index contributed by atoms with van der Waals surface area (Å²) in [6.45, 7) is 6.75. The highest BCUT2D eigenvalue weighted by atomic mass is 32.1. The number of nitrogens with zero attached hydrogens (tertiary/aromatic N) is 3. The van der Waals surface area contributed by atoms with Gasteiger partial charge in [-0.05, 0) is 63.5 Å². The normalized spacial score (nSPS) is 27.5. The maximum Gasteiger partial charge on any atom is 0.330 e. The van der Waals surface area contributed by atoms with E-state index in [2.05, 4.69) is 19.2 Å². The van der Waals surface area contributed by atoms with Gasteiger partial charge in [0.05, 0.1) is 30.2 Å². The first kappa shape index (κ1) is 32.0. The zero-order valence-corrected chi connectivity index (χ0v) is 27.9. The van der Waals surface area contributed by atoms with Gasteiger partial charge in [-0.25, -0.2) is 14.8 Å². The number of benzene rings is 1. The molecule has 11 heteroatoms. The average molecular weight is 647 g/mol. The number of fused-ring (bicyclic) bond motifs is 3. The molecule has 2 aromatic heterocycles. The van der Waals surface area contributed by atoms with Crippen LogP contribution in [0.2, 0.25) is 0 Å². The number of thiazole rings is 1. The molecular weight excluding hydrogens is 604 g/mol. The molecule has 0 bridgehead atoms. The monoisotopic (exact) mass is 646 g/mol. The van der Waals surface area contributed by atoms with Crippen molar-refractivity contribution >= 4 is 40.0 Å². The Labute approximate surface area is 273 Å². The number of carbonyl (C=O) groups is 3. The Kier molecular flexibility index (Phi) is 8.80. The Balaban J connectivity index is 1.35. The fourth-order valence-electron chi connectivity index (χ4n) is 6.85. The Bertz CT molecular complexity index is 1700. The number of amides is 2. The lowest BCUT2D eigenvalue weighted by Crippen LogP contribution is -2.49. The molecule has 5 atom stereocenters. The van der Waals surface area contributed by atoms with Gasteiger partial charge in [-0.1, -0.05) is 26.0 Å². The summed E-state index contributed by atoms with van der Waals surface area (Å²) in [6.07, 6.45) is 6.97. The molecule has 2 amide bonds. The number of methoxy groups -OCH3 is 1. The molecule has 2 aliphatic carbocycles. The van der Waals surface area contributed by atoms with Crippen molar-refractivity contribution in [3.05, 3.63) is 47.0 Å². The first-order valence-electron chi connectivity index (χ1n) is 16.1. The number of hydrogen-bond acceptors (Lipinski definition) is 8. The molecule has 2 N–H and O–H groups in total. The van der Waals surface area contributed by atoms with Crippen molar-refractivity contribution in [1.82, 2.24) is 20.2 Å². The summed E-state index contributed by atoms with van der Waals surface area (Å²) in [4.78, 5) is 51.5. The molecule has 3 aliphatic rings. The van der Waals surface area contributed by atoms with Gasteiger partial charge in [0.2, 0.25) is 11.8 Å². The van der Waals surface area contributed by atoms with Crippen molar-refractivity contribution in [2.24, 2.45) is 17.8 Å². The number of rotatable bonds is 6. The molecule has 6 rings (SSSR count). The van der Waals surface area contributed by atoms with E-state index in [1.807, 2.05) is 42.7 Å². The number of allylic oxidation sites excluding steroid dienone is 1. The highest BCUT2D eigenvalue weighted by Crippen LogP contribution is 2.47. The number of carbonyl (C=O) groups excluding carboxylic acids is 2. The van der Waals surface area contributed by atoms with E-state index in [1.165, 1.54) is 11.3 Å². The van der Waals surface area contributed by atoms with Gasteiger partial charge in [0.15, 0.2) is 0 Å². The second-order valence-corrected chi connectivity index (χ2v) is 14.1. The van der Waals surface area contributed by atoms with Crippen LogP contribution in [0.25, 0.3) is 21.6 Å². The van der Waals surface area contributed by atoms with Gasteiger partial charge in [0.1, 0.15) is 33.8 Å². The molecule has 10 nitrogen and oxygen atoms in total. The van der Waals surface area contributed by atoms with Crippen molar-refractivity contribution in [3.63, 3.8) is 0 Å². The summed E-state index contributed by atoms with van der Waals surface area (Å²) < 4.78 is 12.3. The van der Waals surface area contributed by atoms with E-state index in [9.17, 15) is 19.5 Å². The van der Waals surface area contributed by atoms with Crippen LogP contribution in [0.5, 0.6) is 11.5 Å². The Morgan fingerprint density at radius 3 is 2.65 bits per heavy atom. The molecule has 244 valence electrons. The zero-order chi connectivity index (χ0) is 32.7. The third kappa shape index (κ3) is 5.97. The van der Waals surface area contributed by atoms with Gasteiger partial charge in [-0.15, -0.1) is 11.3 Å². The van der Waals surface area contributed by atoms with Gasteiger partial charge < -0.3 is 24.8 Å². The molecule has 2 saturated carbocycles. The molecule has 3 heterocycles. The van der Waals surface area contributed by atoms with E-state index < -0.39 is 35.4 Å². The van der Waals surface area contributed by atoms with E-state index in [-0.39, 0.29) is 24.2 Å². The molecule has 46 heavy (non-hydrogen) atoms. The van der Waals surface area contributed by atoms with Crippen LogP contribution >= 0.6 is 11.3 Å². The Morgan fingerprint density at radius 2 is 1.93 bits per heavy atom. The van der Waals surface area contributed by atoms with Crippen LogP contribution in [0, 0.1) is 24.7 Å². The van der Waals surface area contributed by atoms with Crippen molar-refractivity contribution in [1.29, 1.82) is 0 Å². The first-order chi connectivity index (χ1) is 22.0. The Hall–Kier alpha value is -3.99. The summed E-state index contributed by atoms with van der Waals surface area (Å²) in [5.74, 6) is -1.58. The lowest BCUT2D eigenvalue weighted by atomic mass is 9.93. The van der Waals surface area contributed by atoms with Gasteiger partial charge in [-0.2, -0.15) is 0 Å². The number of aromatic nitrogens is 2. The fourth-order valence-corrected chi connectivity index (χ4v) is 7.79. The largest absolute Gasteiger partial charge is 0.496 e. The van der Waals surface area contributed by atoms with Crippen LogP contribution in [0.1, 0.15) is 69.5 Å². The lowest BCUT2D eigenvalue weighted by Gasteiger charge is -2.26. The standard InChI is InChI=1S/C35H42N4O6S/c1-19(2)27-18-46-32(37-27)26-16-29(23-11-12-28(44-5)20(3)30(23)36-26)45-22-14-24-25(15-22)33(41)39(4)13-9-7-6-8-10-21-17-35(21,34(42)43)38-31(24)40/h8,10-12,16,18-19,21-22,24-25H,6-7,9,13-15,17H2,1-5H3,(H,38,40)(H,42,43)/b10-8-/t21-,22+,24+,25+,35+/m0/s1. The smallest absolute Gasteiger partial charge is 0.330 e. The predicted octanol–water partition coefficient (Wildman–Crippen LogP) is 5.73. The van der Waals surface area contributed by atoms with E-state index >= 15 is 0 Å². The number of aliphatic carboxylic acids is 1. The van der Waals surface area contributed by atoms with Crippen molar-refractivity contribution < 1.29 is 29.0 Å². The number of aryl methyl sites for hydroxylation is 1. The van der Waals surface area contributed by atoms with Crippen molar-refractivity contribution in [3.8, 4) is 22.2 Å². The highest BCUT2D eigenvalue weighted by Gasteiger charge is 2.61. The molecule has 3 aromatic rings. The maximum absolute atomic E-state index is 13.8. The fraction of sp³-hybridized carbons (Fsp3) is 0.514. The first-order valence-corrected chi connectivity index (χ1v) is 17.0. The second kappa shape index (κ2) is 12.7. The lowest BCUT2D eigenvalue weighted by molar-refractivity contribution is -0.145. The minimum atomic E-state index is -1.33. The molecule has 0 saturated heterocycles. The molecule has 1 aromatic carbocycles. The zero-order valence-electron chi connectivity index (χ0n) is 27.0. The molecule has 0 unspecified atom stereocenters. The Morgan fingerprint density at radius 1 is 1.15 bits per heavy atom. The maximum atomic E-state index is 13.8. The summed E-state index contributed by atoms with van der Waals surface area (Å²) in [5, 5.41) is 16.6. The average Bonchev–Trinajstić information content (AvgIpc) is 3.33. The number of hydrogen-bond donors (Lipinski definition) is 2.